The fraction of sp³-hybridized carbons (Fsp3) is 0.886. The van der Waals surface area contributed by atoms with E-state index in [0.717, 1.165) is 44.9 Å². The molecule has 7 nitrogen and oxygen atoms in total. The van der Waals surface area contributed by atoms with Crippen LogP contribution >= 0.6 is 0 Å². The Balaban J connectivity index is 1.63. The van der Waals surface area contributed by atoms with Gasteiger partial charge >= 0.3 is 17.9 Å². The molecule has 10 atom stereocenters. The third kappa shape index (κ3) is 4.24. The van der Waals surface area contributed by atoms with Crippen LogP contribution in [0.2, 0.25) is 0 Å². The number of hydrogen-bond acceptors (Lipinski definition) is 7. The van der Waals surface area contributed by atoms with Crippen LogP contribution in [0.1, 0.15) is 120 Å². The predicted octanol–water partition coefficient (Wildman–Crippen LogP) is 6.69. The fourth-order valence-corrected chi connectivity index (χ4v) is 12.1. The lowest BCUT2D eigenvalue weighted by Gasteiger charge is -2.73. The first-order valence-corrected chi connectivity index (χ1v) is 16.2. The first-order valence-electron chi connectivity index (χ1n) is 16.2. The number of rotatable bonds is 3. The molecule has 5 aliphatic carbocycles. The lowest BCUT2D eigenvalue weighted by atomic mass is 9.31. The number of methoxy groups -OCH3 is 1. The largest absolute Gasteiger partial charge is 0.469 e. The second-order valence-corrected chi connectivity index (χ2v) is 17.0. The second kappa shape index (κ2) is 9.79. The van der Waals surface area contributed by atoms with Gasteiger partial charge in [-0.2, -0.15) is 0 Å². The molecule has 0 aromatic heterocycles. The molecule has 0 N–H and O–H groups in total. The summed E-state index contributed by atoms with van der Waals surface area (Å²) in [7, 11) is 1.49. The average Bonchev–Trinajstić information content (AvgIpc) is 2.86. The summed E-state index contributed by atoms with van der Waals surface area (Å²) in [6.45, 7) is 18.7. The maximum atomic E-state index is 14.7. The summed E-state index contributed by atoms with van der Waals surface area (Å²) in [5, 5.41) is 0. The van der Waals surface area contributed by atoms with Gasteiger partial charge in [-0.25, -0.2) is 0 Å². The van der Waals surface area contributed by atoms with Crippen molar-refractivity contribution in [2.75, 3.05) is 7.11 Å². The highest BCUT2D eigenvalue weighted by molar-refractivity contribution is 5.87. The quantitative estimate of drug-likeness (QED) is 0.268. The van der Waals surface area contributed by atoms with Crippen LogP contribution in [0.25, 0.3) is 0 Å². The van der Waals surface area contributed by atoms with Gasteiger partial charge in [-0.1, -0.05) is 48.5 Å². The van der Waals surface area contributed by atoms with Crippen molar-refractivity contribution in [2.45, 2.75) is 132 Å². The van der Waals surface area contributed by atoms with Crippen LogP contribution in [-0.4, -0.2) is 43.0 Å². The number of esters is 3. The van der Waals surface area contributed by atoms with Gasteiger partial charge in [0.1, 0.15) is 18.0 Å². The molecule has 0 amide bonds. The van der Waals surface area contributed by atoms with Crippen molar-refractivity contribution in [1.82, 2.24) is 0 Å². The molecule has 0 aliphatic heterocycles. The number of ketones is 1. The molecule has 0 unspecified atom stereocenters. The van der Waals surface area contributed by atoms with Crippen LogP contribution in [0.4, 0.5) is 0 Å². The topological polar surface area (TPSA) is 96.0 Å². The Bertz CT molecular complexity index is 1170. The van der Waals surface area contributed by atoms with E-state index in [9.17, 15) is 19.2 Å². The maximum Gasteiger partial charge on any atom is 0.312 e. The number of ether oxygens (including phenoxy) is 3. The summed E-state index contributed by atoms with van der Waals surface area (Å²) in [4.78, 5) is 53.0. The molecular formula is C35H54O7. The predicted molar refractivity (Wildman–Crippen MR) is 158 cm³/mol. The SMILES string of the molecule is COC(=O)[C@]12CCC(C)(C)C[C@H]1[C@H]1C(=O)C[C@@H]3[C@@]4(C)CC[C@H](OC(C)=O)C(C)(C)[C@@H]4[C@H](OC(C)=O)C[C@@]3(C)[C@]1(C)CC2. The molecule has 42 heavy (non-hydrogen) atoms. The molecule has 0 bridgehead atoms. The number of Topliss-reactive ketones (excluding diaryl/α,β-unsaturated/α-hetero) is 1. The van der Waals surface area contributed by atoms with Crippen molar-refractivity contribution >= 4 is 23.7 Å². The minimum Gasteiger partial charge on any atom is -0.469 e. The van der Waals surface area contributed by atoms with Gasteiger partial charge in [-0.15, -0.1) is 0 Å². The van der Waals surface area contributed by atoms with Crippen molar-refractivity contribution in [3.8, 4) is 0 Å². The molecule has 236 valence electrons. The zero-order valence-electron chi connectivity index (χ0n) is 27.7. The summed E-state index contributed by atoms with van der Waals surface area (Å²) in [6.07, 6.45) is 6.05. The normalized spacial score (nSPS) is 47.0. The van der Waals surface area contributed by atoms with Gasteiger partial charge in [0.2, 0.25) is 0 Å². The average molecular weight is 587 g/mol. The van der Waals surface area contributed by atoms with Gasteiger partial charge in [-0.05, 0) is 84.9 Å². The number of carbonyl (C=O) groups excluding carboxylic acids is 4. The van der Waals surface area contributed by atoms with Crippen molar-refractivity contribution in [3.63, 3.8) is 0 Å². The van der Waals surface area contributed by atoms with Gasteiger partial charge in [0.25, 0.3) is 0 Å². The van der Waals surface area contributed by atoms with E-state index < -0.39 is 10.8 Å². The Morgan fingerprint density at radius 1 is 0.786 bits per heavy atom. The van der Waals surface area contributed by atoms with Crippen LogP contribution in [0.15, 0.2) is 0 Å². The van der Waals surface area contributed by atoms with Gasteiger partial charge in [0, 0.05) is 37.5 Å². The first kappa shape index (κ1) is 31.5. The summed E-state index contributed by atoms with van der Waals surface area (Å²) in [6, 6.07) is 0. The van der Waals surface area contributed by atoms with E-state index in [2.05, 4.69) is 48.5 Å². The molecule has 5 fully saturated rings. The first-order chi connectivity index (χ1) is 19.3. The molecule has 5 rings (SSSR count). The smallest absolute Gasteiger partial charge is 0.312 e. The summed E-state index contributed by atoms with van der Waals surface area (Å²) < 4.78 is 17.6. The molecule has 0 spiro atoms. The Kier molecular flexibility index (Phi) is 7.34. The van der Waals surface area contributed by atoms with E-state index in [4.69, 9.17) is 14.2 Å². The number of hydrogen-bond donors (Lipinski definition) is 0. The van der Waals surface area contributed by atoms with Crippen LogP contribution in [0.3, 0.4) is 0 Å². The number of carbonyl (C=O) groups is 4. The third-order valence-electron chi connectivity index (χ3n) is 14.0. The molecule has 0 heterocycles. The summed E-state index contributed by atoms with van der Waals surface area (Å²) in [5.41, 5.74) is -1.95. The zero-order chi connectivity index (χ0) is 31.3. The Morgan fingerprint density at radius 3 is 2.00 bits per heavy atom. The Morgan fingerprint density at radius 2 is 1.40 bits per heavy atom. The van der Waals surface area contributed by atoms with Crippen LogP contribution in [-0.2, 0) is 33.4 Å². The highest BCUT2D eigenvalue weighted by atomic mass is 16.6. The number of fused-ring (bicyclic) bond motifs is 7. The van der Waals surface area contributed by atoms with Crippen LogP contribution < -0.4 is 0 Å². The molecule has 7 heteroatoms. The minimum atomic E-state index is -0.617. The van der Waals surface area contributed by atoms with E-state index in [1.807, 2.05) is 0 Å². The van der Waals surface area contributed by atoms with E-state index in [0.29, 0.717) is 18.6 Å². The van der Waals surface area contributed by atoms with E-state index in [-0.39, 0.29) is 75.4 Å². The molecule has 0 saturated heterocycles. The van der Waals surface area contributed by atoms with Crippen molar-refractivity contribution < 1.29 is 33.4 Å². The highest BCUT2D eigenvalue weighted by Crippen LogP contribution is 2.76. The molecular weight excluding hydrogens is 532 g/mol. The molecule has 5 aliphatic rings. The molecule has 0 radical (unpaired) electrons. The lowest BCUT2D eigenvalue weighted by Crippen LogP contribution is -2.72. The van der Waals surface area contributed by atoms with Crippen molar-refractivity contribution in [1.29, 1.82) is 0 Å². The third-order valence-corrected chi connectivity index (χ3v) is 14.0. The van der Waals surface area contributed by atoms with E-state index in [1.165, 1.54) is 21.0 Å². The highest BCUT2D eigenvalue weighted by Gasteiger charge is 2.75. The van der Waals surface area contributed by atoms with Gasteiger partial charge in [0.15, 0.2) is 0 Å². The lowest BCUT2D eigenvalue weighted by molar-refractivity contribution is -0.274. The second-order valence-electron chi connectivity index (χ2n) is 17.0. The fourth-order valence-electron chi connectivity index (χ4n) is 12.1. The Hall–Kier alpha value is -1.92. The van der Waals surface area contributed by atoms with Crippen LogP contribution in [0.5, 0.6) is 0 Å². The standard InChI is InChI=1S/C35H54O7/c1-20(36)41-24-19-34(9)25(32(7)12-11-26(42-21(2)37)31(5,6)28(24)32)17-23(38)27-22-18-30(3,4)13-15-35(22,29(39)40-10)16-14-33(27,34)8/h22,24-28H,11-19H2,1-10H3/t22-,24+,25+,26-,27-,28-,32+,33+,34+,35-/m0/s1. The maximum absolute atomic E-state index is 14.7. The summed E-state index contributed by atoms with van der Waals surface area (Å²) in [5.74, 6) is -0.728. The zero-order valence-corrected chi connectivity index (χ0v) is 27.7. The van der Waals surface area contributed by atoms with E-state index in [1.54, 1.807) is 0 Å². The minimum absolute atomic E-state index is 0.0432. The van der Waals surface area contributed by atoms with Gasteiger partial charge < -0.3 is 14.2 Å². The Labute approximate surface area is 252 Å². The van der Waals surface area contributed by atoms with Gasteiger partial charge in [-0.3, -0.25) is 19.2 Å². The van der Waals surface area contributed by atoms with Crippen LogP contribution in [0, 0.1) is 56.2 Å². The van der Waals surface area contributed by atoms with Crippen molar-refractivity contribution in [2.24, 2.45) is 56.2 Å². The van der Waals surface area contributed by atoms with Crippen molar-refractivity contribution in [3.05, 3.63) is 0 Å². The van der Waals surface area contributed by atoms with Gasteiger partial charge in [0.05, 0.1) is 12.5 Å². The summed E-state index contributed by atoms with van der Waals surface area (Å²) >= 11 is 0. The molecule has 0 aromatic carbocycles. The monoisotopic (exact) mass is 586 g/mol. The molecule has 0 aromatic rings. The van der Waals surface area contributed by atoms with E-state index >= 15 is 0 Å². The molecule has 5 saturated carbocycles.